The fraction of sp³-hybridized carbons (Fsp3) is 0.400. The molecule has 1 aliphatic rings. The van der Waals surface area contributed by atoms with Gasteiger partial charge in [-0.25, -0.2) is 0 Å². The van der Waals surface area contributed by atoms with Crippen LogP contribution in [-0.4, -0.2) is 43.1 Å². The zero-order valence-corrected chi connectivity index (χ0v) is 12.4. The summed E-state index contributed by atoms with van der Waals surface area (Å²) in [4.78, 5) is 9.29. The van der Waals surface area contributed by atoms with Gasteiger partial charge >= 0.3 is 0 Å². The maximum atomic E-state index is 6.27. The van der Waals surface area contributed by atoms with E-state index in [4.69, 9.17) is 17.3 Å². The first-order valence-electron chi connectivity index (χ1n) is 6.89. The van der Waals surface area contributed by atoms with E-state index < -0.39 is 0 Å². The van der Waals surface area contributed by atoms with Crippen molar-refractivity contribution in [2.45, 2.75) is 6.54 Å². The van der Waals surface area contributed by atoms with E-state index in [2.05, 4.69) is 27.9 Å². The number of aromatic nitrogens is 1. The summed E-state index contributed by atoms with van der Waals surface area (Å²) in [5, 5.41) is 1.82. The molecule has 1 saturated heterocycles. The van der Waals surface area contributed by atoms with Crippen LogP contribution in [0.25, 0.3) is 10.9 Å². The fourth-order valence-corrected chi connectivity index (χ4v) is 2.86. The number of halogens is 1. The van der Waals surface area contributed by atoms with Gasteiger partial charge in [0.1, 0.15) is 0 Å². The molecular formula is C15H19ClN4. The van der Waals surface area contributed by atoms with Gasteiger partial charge in [0, 0.05) is 49.3 Å². The molecule has 106 valence electrons. The van der Waals surface area contributed by atoms with Gasteiger partial charge in [0.15, 0.2) is 0 Å². The highest BCUT2D eigenvalue weighted by molar-refractivity contribution is 6.31. The van der Waals surface area contributed by atoms with Crippen LogP contribution < -0.4 is 10.6 Å². The number of hydrogen-bond acceptors (Lipinski definition) is 4. The van der Waals surface area contributed by atoms with E-state index in [9.17, 15) is 0 Å². The predicted molar refractivity (Wildman–Crippen MR) is 84.4 cm³/mol. The van der Waals surface area contributed by atoms with Crippen molar-refractivity contribution in [3.05, 3.63) is 35.0 Å². The first-order valence-corrected chi connectivity index (χ1v) is 7.27. The minimum Gasteiger partial charge on any atom is -0.367 e. The van der Waals surface area contributed by atoms with Gasteiger partial charge < -0.3 is 15.5 Å². The molecule has 1 aromatic carbocycles. The Morgan fingerprint density at radius 2 is 1.95 bits per heavy atom. The molecule has 2 aromatic rings. The minimum absolute atomic E-state index is 0.499. The standard InChI is InChI=1S/C15H19ClN4/c1-19-2-4-20(5-3-19)14-8-13(16)7-12-6-11(9-17)10-18-15(12)14/h6-8,10H,2-5,9,17H2,1H3. The first-order chi connectivity index (χ1) is 9.67. The predicted octanol–water partition coefficient (Wildman–Crippen LogP) is 2.10. The van der Waals surface area contributed by atoms with E-state index in [-0.39, 0.29) is 0 Å². The first kappa shape index (κ1) is 13.6. The molecule has 0 saturated carbocycles. The minimum atomic E-state index is 0.499. The monoisotopic (exact) mass is 290 g/mol. The van der Waals surface area contributed by atoms with Crippen molar-refractivity contribution in [1.29, 1.82) is 0 Å². The maximum Gasteiger partial charge on any atom is 0.0936 e. The fourth-order valence-electron chi connectivity index (χ4n) is 2.64. The Labute approximate surface area is 124 Å². The number of piperazine rings is 1. The van der Waals surface area contributed by atoms with Crippen molar-refractivity contribution in [3.8, 4) is 0 Å². The van der Waals surface area contributed by atoms with Crippen LogP contribution in [0.3, 0.4) is 0 Å². The van der Waals surface area contributed by atoms with Crippen LogP contribution in [0.15, 0.2) is 24.4 Å². The number of pyridine rings is 1. The second kappa shape index (κ2) is 5.56. The van der Waals surface area contributed by atoms with Gasteiger partial charge in [0.25, 0.3) is 0 Å². The summed E-state index contributed by atoms with van der Waals surface area (Å²) in [5.74, 6) is 0. The Morgan fingerprint density at radius 1 is 1.20 bits per heavy atom. The molecule has 0 radical (unpaired) electrons. The Bertz CT molecular complexity index is 621. The zero-order chi connectivity index (χ0) is 14.1. The van der Waals surface area contributed by atoms with Gasteiger partial charge in [-0.1, -0.05) is 11.6 Å². The summed E-state index contributed by atoms with van der Waals surface area (Å²) >= 11 is 6.27. The molecule has 1 aromatic heterocycles. The Morgan fingerprint density at radius 3 is 2.65 bits per heavy atom. The molecule has 3 rings (SSSR count). The number of hydrogen-bond donors (Lipinski definition) is 1. The van der Waals surface area contributed by atoms with E-state index >= 15 is 0 Å². The summed E-state index contributed by atoms with van der Waals surface area (Å²) < 4.78 is 0. The number of fused-ring (bicyclic) bond motifs is 1. The molecule has 5 heteroatoms. The second-order valence-corrected chi connectivity index (χ2v) is 5.77. The number of likely N-dealkylation sites (N-methyl/N-ethyl adjacent to an activating group) is 1. The molecular weight excluding hydrogens is 272 g/mol. The van der Waals surface area contributed by atoms with Crippen molar-refractivity contribution < 1.29 is 0 Å². The molecule has 0 bridgehead atoms. The molecule has 0 aliphatic carbocycles. The van der Waals surface area contributed by atoms with E-state index in [1.807, 2.05) is 18.3 Å². The normalized spacial score (nSPS) is 16.9. The molecule has 1 aliphatic heterocycles. The lowest BCUT2D eigenvalue weighted by molar-refractivity contribution is 0.313. The van der Waals surface area contributed by atoms with E-state index in [1.54, 1.807) is 0 Å². The van der Waals surface area contributed by atoms with Gasteiger partial charge in [-0.2, -0.15) is 0 Å². The van der Waals surface area contributed by atoms with Crippen molar-refractivity contribution >= 4 is 28.2 Å². The molecule has 20 heavy (non-hydrogen) atoms. The summed E-state index contributed by atoms with van der Waals surface area (Å²) in [6.07, 6.45) is 1.86. The molecule has 0 amide bonds. The lowest BCUT2D eigenvalue weighted by Gasteiger charge is -2.34. The summed E-state index contributed by atoms with van der Waals surface area (Å²) in [6.45, 7) is 4.64. The van der Waals surface area contributed by atoms with E-state index in [1.165, 1.54) is 0 Å². The maximum absolute atomic E-state index is 6.27. The zero-order valence-electron chi connectivity index (χ0n) is 11.6. The van der Waals surface area contributed by atoms with Crippen LogP contribution in [0.1, 0.15) is 5.56 Å². The quantitative estimate of drug-likeness (QED) is 0.920. The van der Waals surface area contributed by atoms with Crippen LogP contribution in [0.5, 0.6) is 0 Å². The van der Waals surface area contributed by atoms with Crippen molar-refractivity contribution in [3.63, 3.8) is 0 Å². The number of nitrogens with two attached hydrogens (primary N) is 1. The highest BCUT2D eigenvalue weighted by atomic mass is 35.5. The van der Waals surface area contributed by atoms with Crippen molar-refractivity contribution in [2.24, 2.45) is 5.73 Å². The Kier molecular flexibility index (Phi) is 3.78. The molecule has 2 heterocycles. The topological polar surface area (TPSA) is 45.4 Å². The van der Waals surface area contributed by atoms with Gasteiger partial charge in [-0.05, 0) is 30.8 Å². The largest absolute Gasteiger partial charge is 0.367 e. The number of anilines is 1. The lowest BCUT2D eigenvalue weighted by Crippen LogP contribution is -2.44. The Balaban J connectivity index is 2.05. The summed E-state index contributed by atoms with van der Waals surface area (Å²) in [5.41, 5.74) is 8.86. The number of rotatable bonds is 2. The number of nitrogens with zero attached hydrogens (tertiary/aromatic N) is 3. The highest BCUT2D eigenvalue weighted by Gasteiger charge is 2.17. The molecule has 4 nitrogen and oxygen atoms in total. The van der Waals surface area contributed by atoms with Gasteiger partial charge in [-0.3, -0.25) is 4.98 Å². The SMILES string of the molecule is CN1CCN(c2cc(Cl)cc3cc(CN)cnc23)CC1. The van der Waals surface area contributed by atoms with Gasteiger partial charge in [0.05, 0.1) is 11.2 Å². The third kappa shape index (κ3) is 2.59. The lowest BCUT2D eigenvalue weighted by atomic mass is 10.1. The third-order valence-corrected chi connectivity index (χ3v) is 4.08. The van der Waals surface area contributed by atoms with Gasteiger partial charge in [0.2, 0.25) is 0 Å². The molecule has 2 N–H and O–H groups in total. The molecule has 1 fully saturated rings. The summed E-state index contributed by atoms with van der Waals surface area (Å²) in [6, 6.07) is 6.06. The van der Waals surface area contributed by atoms with Crippen molar-refractivity contribution in [2.75, 3.05) is 38.1 Å². The molecule has 0 spiro atoms. The Hall–Kier alpha value is -1.36. The molecule has 0 unspecified atom stereocenters. The summed E-state index contributed by atoms with van der Waals surface area (Å²) in [7, 11) is 2.15. The molecule has 0 atom stereocenters. The van der Waals surface area contributed by atoms with Crippen molar-refractivity contribution in [1.82, 2.24) is 9.88 Å². The smallest absolute Gasteiger partial charge is 0.0936 e. The van der Waals surface area contributed by atoms with E-state index in [0.29, 0.717) is 6.54 Å². The average molecular weight is 291 g/mol. The second-order valence-electron chi connectivity index (χ2n) is 5.33. The van der Waals surface area contributed by atoms with E-state index in [0.717, 1.165) is 53.4 Å². The van der Waals surface area contributed by atoms with Crippen LogP contribution in [-0.2, 0) is 6.54 Å². The third-order valence-electron chi connectivity index (χ3n) is 3.86. The van der Waals surface area contributed by atoms with Crippen LogP contribution in [0, 0.1) is 0 Å². The average Bonchev–Trinajstić information content (AvgIpc) is 2.46. The highest BCUT2D eigenvalue weighted by Crippen LogP contribution is 2.30. The van der Waals surface area contributed by atoms with Crippen LogP contribution in [0.2, 0.25) is 5.02 Å². The van der Waals surface area contributed by atoms with Crippen LogP contribution >= 0.6 is 11.6 Å². The number of benzene rings is 1. The van der Waals surface area contributed by atoms with Crippen LogP contribution in [0.4, 0.5) is 5.69 Å². The van der Waals surface area contributed by atoms with Gasteiger partial charge in [-0.15, -0.1) is 0 Å².